The molecular weight excluding hydrogens is 244 g/mol. The second-order valence-corrected chi connectivity index (χ2v) is 4.38. The number of hydrogen-bond donors (Lipinski definition) is 2. The molecule has 7 nitrogen and oxygen atoms in total. The standard InChI is InChI=1S/C12H14N6O/c19-12(10-2-1-5-14-10)17-9-3-4-11(15-6-9)18-8-13-7-16-18/h3-4,6-8,10,14H,1-2,5H2,(H,17,19)/t10-/m0/s1. The van der Waals surface area contributed by atoms with Crippen molar-refractivity contribution in [1.29, 1.82) is 0 Å². The quantitative estimate of drug-likeness (QED) is 0.830. The van der Waals surface area contributed by atoms with Gasteiger partial charge in [-0.05, 0) is 31.5 Å². The molecule has 0 aromatic carbocycles. The number of anilines is 1. The fourth-order valence-corrected chi connectivity index (χ4v) is 2.06. The third-order valence-corrected chi connectivity index (χ3v) is 3.05. The number of hydrogen-bond acceptors (Lipinski definition) is 5. The molecule has 1 amide bonds. The van der Waals surface area contributed by atoms with Gasteiger partial charge in [0, 0.05) is 0 Å². The van der Waals surface area contributed by atoms with E-state index in [2.05, 4.69) is 25.7 Å². The minimum absolute atomic E-state index is 0.00666. The molecule has 2 aromatic rings. The maximum Gasteiger partial charge on any atom is 0.241 e. The summed E-state index contributed by atoms with van der Waals surface area (Å²) in [6.45, 7) is 0.904. The van der Waals surface area contributed by atoms with Crippen LogP contribution in [0, 0.1) is 0 Å². The zero-order valence-electron chi connectivity index (χ0n) is 10.3. The van der Waals surface area contributed by atoms with Gasteiger partial charge in [0.25, 0.3) is 0 Å². The zero-order chi connectivity index (χ0) is 13.1. The van der Waals surface area contributed by atoms with E-state index < -0.39 is 0 Å². The molecule has 0 unspecified atom stereocenters. The van der Waals surface area contributed by atoms with Gasteiger partial charge in [-0.2, -0.15) is 5.10 Å². The Morgan fingerprint density at radius 3 is 3.05 bits per heavy atom. The molecule has 0 radical (unpaired) electrons. The van der Waals surface area contributed by atoms with Gasteiger partial charge in [-0.1, -0.05) is 0 Å². The van der Waals surface area contributed by atoms with Gasteiger partial charge in [0.1, 0.15) is 12.7 Å². The van der Waals surface area contributed by atoms with E-state index >= 15 is 0 Å². The predicted molar refractivity (Wildman–Crippen MR) is 68.8 cm³/mol. The van der Waals surface area contributed by atoms with E-state index in [1.807, 2.05) is 0 Å². The van der Waals surface area contributed by atoms with Crippen molar-refractivity contribution < 1.29 is 4.79 Å². The van der Waals surface area contributed by atoms with E-state index in [-0.39, 0.29) is 11.9 Å². The normalized spacial score (nSPS) is 18.4. The van der Waals surface area contributed by atoms with Crippen LogP contribution in [-0.2, 0) is 4.79 Å². The minimum atomic E-state index is -0.0880. The van der Waals surface area contributed by atoms with Gasteiger partial charge >= 0.3 is 0 Å². The monoisotopic (exact) mass is 258 g/mol. The van der Waals surface area contributed by atoms with Crippen LogP contribution in [0.2, 0.25) is 0 Å². The van der Waals surface area contributed by atoms with E-state index in [0.717, 1.165) is 19.4 Å². The van der Waals surface area contributed by atoms with E-state index in [4.69, 9.17) is 0 Å². The minimum Gasteiger partial charge on any atom is -0.323 e. The summed E-state index contributed by atoms with van der Waals surface area (Å²) < 4.78 is 1.56. The number of carbonyl (C=O) groups is 1. The summed E-state index contributed by atoms with van der Waals surface area (Å²) in [6, 6.07) is 3.50. The lowest BCUT2D eigenvalue weighted by molar-refractivity contribution is -0.117. The number of pyridine rings is 1. The maximum atomic E-state index is 11.9. The Labute approximate surface area is 110 Å². The first-order valence-corrected chi connectivity index (χ1v) is 6.18. The third-order valence-electron chi connectivity index (χ3n) is 3.05. The van der Waals surface area contributed by atoms with Crippen LogP contribution in [0.3, 0.4) is 0 Å². The SMILES string of the molecule is O=C(Nc1ccc(-n2cncn2)nc1)[C@@H]1CCCN1. The molecule has 1 fully saturated rings. The Morgan fingerprint density at radius 2 is 2.42 bits per heavy atom. The van der Waals surface area contributed by atoms with Crippen LogP contribution in [0.15, 0.2) is 31.0 Å². The number of aromatic nitrogens is 4. The molecule has 0 bridgehead atoms. The molecule has 2 aromatic heterocycles. The average Bonchev–Trinajstić information content (AvgIpc) is 3.13. The van der Waals surface area contributed by atoms with Crippen LogP contribution in [0.25, 0.3) is 5.82 Å². The molecule has 1 atom stereocenters. The number of rotatable bonds is 3. The van der Waals surface area contributed by atoms with Gasteiger partial charge in [0.2, 0.25) is 5.91 Å². The van der Waals surface area contributed by atoms with Crippen LogP contribution >= 0.6 is 0 Å². The van der Waals surface area contributed by atoms with Crippen molar-refractivity contribution in [2.24, 2.45) is 0 Å². The summed E-state index contributed by atoms with van der Waals surface area (Å²) in [4.78, 5) is 20.0. The van der Waals surface area contributed by atoms with Gasteiger partial charge in [0.15, 0.2) is 5.82 Å². The topological polar surface area (TPSA) is 84.7 Å². The fourth-order valence-electron chi connectivity index (χ4n) is 2.06. The Hall–Kier alpha value is -2.28. The highest BCUT2D eigenvalue weighted by Crippen LogP contribution is 2.11. The Balaban J connectivity index is 1.67. The van der Waals surface area contributed by atoms with Crippen LogP contribution in [0.1, 0.15) is 12.8 Å². The first-order chi connectivity index (χ1) is 9.33. The highest BCUT2D eigenvalue weighted by molar-refractivity contribution is 5.94. The molecule has 3 rings (SSSR count). The van der Waals surface area contributed by atoms with E-state index in [1.54, 1.807) is 29.3 Å². The third kappa shape index (κ3) is 2.60. The van der Waals surface area contributed by atoms with Crippen molar-refractivity contribution >= 4 is 11.6 Å². The van der Waals surface area contributed by atoms with Crippen LogP contribution in [0.4, 0.5) is 5.69 Å². The van der Waals surface area contributed by atoms with Crippen molar-refractivity contribution in [3.8, 4) is 5.82 Å². The van der Waals surface area contributed by atoms with Crippen molar-refractivity contribution in [2.45, 2.75) is 18.9 Å². The van der Waals surface area contributed by atoms with Gasteiger partial charge < -0.3 is 10.6 Å². The molecule has 19 heavy (non-hydrogen) atoms. The summed E-state index contributed by atoms with van der Waals surface area (Å²) in [5, 5.41) is 9.99. The predicted octanol–water partition coefficient (Wildman–Crippen LogP) is 0.353. The zero-order valence-corrected chi connectivity index (χ0v) is 10.3. The van der Waals surface area contributed by atoms with E-state index in [1.165, 1.54) is 6.33 Å². The first-order valence-electron chi connectivity index (χ1n) is 6.18. The molecule has 7 heteroatoms. The van der Waals surface area contributed by atoms with Crippen LogP contribution in [0.5, 0.6) is 0 Å². The summed E-state index contributed by atoms with van der Waals surface area (Å²) >= 11 is 0. The van der Waals surface area contributed by atoms with Gasteiger partial charge in [-0.3, -0.25) is 4.79 Å². The molecule has 1 aliphatic heterocycles. The molecule has 0 aliphatic carbocycles. The largest absolute Gasteiger partial charge is 0.323 e. The average molecular weight is 258 g/mol. The summed E-state index contributed by atoms with van der Waals surface area (Å²) in [7, 11) is 0. The van der Waals surface area contributed by atoms with Gasteiger partial charge in [0.05, 0.1) is 17.9 Å². The molecule has 0 saturated carbocycles. The second-order valence-electron chi connectivity index (χ2n) is 4.38. The number of amides is 1. The number of carbonyl (C=O) groups excluding carboxylic acids is 1. The lowest BCUT2D eigenvalue weighted by atomic mass is 10.2. The van der Waals surface area contributed by atoms with Crippen molar-refractivity contribution in [2.75, 3.05) is 11.9 Å². The molecule has 98 valence electrons. The van der Waals surface area contributed by atoms with Crippen LogP contribution < -0.4 is 10.6 Å². The lowest BCUT2D eigenvalue weighted by Crippen LogP contribution is -2.35. The molecule has 1 aliphatic rings. The summed E-state index contributed by atoms with van der Waals surface area (Å²) in [5.74, 6) is 0.655. The molecule has 3 heterocycles. The Bertz CT molecular complexity index is 544. The van der Waals surface area contributed by atoms with Crippen LogP contribution in [-0.4, -0.2) is 38.2 Å². The molecule has 0 spiro atoms. The maximum absolute atomic E-state index is 11.9. The Kier molecular flexibility index (Phi) is 3.20. The highest BCUT2D eigenvalue weighted by atomic mass is 16.2. The van der Waals surface area contributed by atoms with Gasteiger partial charge in [-0.15, -0.1) is 0 Å². The first kappa shape index (κ1) is 11.8. The Morgan fingerprint density at radius 1 is 1.47 bits per heavy atom. The smallest absolute Gasteiger partial charge is 0.241 e. The fraction of sp³-hybridized carbons (Fsp3) is 0.333. The number of nitrogens with one attached hydrogen (secondary N) is 2. The van der Waals surface area contributed by atoms with Gasteiger partial charge in [-0.25, -0.2) is 14.6 Å². The molecule has 2 N–H and O–H groups in total. The van der Waals surface area contributed by atoms with Crippen molar-refractivity contribution in [3.63, 3.8) is 0 Å². The summed E-state index contributed by atoms with van der Waals surface area (Å²) in [5.41, 5.74) is 0.683. The van der Waals surface area contributed by atoms with Crippen molar-refractivity contribution in [1.82, 2.24) is 25.1 Å². The van der Waals surface area contributed by atoms with E-state index in [9.17, 15) is 4.79 Å². The molecule has 1 saturated heterocycles. The number of nitrogens with zero attached hydrogens (tertiary/aromatic N) is 4. The second kappa shape index (κ2) is 5.15. The summed E-state index contributed by atoms with van der Waals surface area (Å²) in [6.07, 6.45) is 6.56. The molecular formula is C12H14N6O. The van der Waals surface area contributed by atoms with E-state index in [0.29, 0.717) is 11.5 Å². The van der Waals surface area contributed by atoms with Crippen molar-refractivity contribution in [3.05, 3.63) is 31.0 Å². The highest BCUT2D eigenvalue weighted by Gasteiger charge is 2.21. The lowest BCUT2D eigenvalue weighted by Gasteiger charge is -2.10.